The number of hydrogen-bond donors (Lipinski definition) is 1. The fourth-order valence-corrected chi connectivity index (χ4v) is 5.05. The second-order valence-electron chi connectivity index (χ2n) is 6.75. The van der Waals surface area contributed by atoms with Crippen LogP contribution in [0.15, 0.2) is 23.5 Å². The fraction of sp³-hybridized carbons (Fsp3) is 0.412. The zero-order valence-electron chi connectivity index (χ0n) is 15.2. The van der Waals surface area contributed by atoms with E-state index in [0.29, 0.717) is 35.6 Å². The summed E-state index contributed by atoms with van der Waals surface area (Å²) in [5.74, 6) is -0.0960. The zero-order valence-corrected chi connectivity index (χ0v) is 16.0. The van der Waals surface area contributed by atoms with Crippen LogP contribution < -0.4 is 0 Å². The lowest BCUT2D eigenvalue weighted by Gasteiger charge is -2.31. The lowest BCUT2D eigenvalue weighted by molar-refractivity contribution is 0.0392. The van der Waals surface area contributed by atoms with Gasteiger partial charge in [0, 0.05) is 30.6 Å². The van der Waals surface area contributed by atoms with Gasteiger partial charge in [-0.1, -0.05) is 0 Å². The van der Waals surface area contributed by atoms with Gasteiger partial charge in [-0.05, 0) is 31.5 Å². The van der Waals surface area contributed by atoms with Crippen molar-refractivity contribution in [3.05, 3.63) is 29.8 Å². The second kappa shape index (κ2) is 6.39. The van der Waals surface area contributed by atoms with Crippen molar-refractivity contribution in [1.82, 2.24) is 24.1 Å². The second-order valence-corrected chi connectivity index (χ2v) is 8.61. The summed E-state index contributed by atoms with van der Waals surface area (Å²) >= 11 is 0. The number of rotatable bonds is 3. The number of H-pyrrole nitrogens is 1. The molecule has 1 fully saturated rings. The lowest BCUT2D eigenvalue weighted by Crippen LogP contribution is -2.47. The molecule has 0 aliphatic carbocycles. The molecule has 1 N–H and O–H groups in total. The summed E-state index contributed by atoms with van der Waals surface area (Å²) in [4.78, 5) is 7.00. The highest BCUT2D eigenvalue weighted by atomic mass is 32.2. The summed E-state index contributed by atoms with van der Waals surface area (Å²) in [6.45, 7) is 4.46. The number of aromatic amines is 1. The third kappa shape index (κ3) is 2.93. The van der Waals surface area contributed by atoms with Gasteiger partial charge in [0.05, 0.1) is 18.7 Å². The number of nitrogens with one attached hydrogen (secondary N) is 1. The highest BCUT2D eigenvalue weighted by Crippen LogP contribution is 2.34. The summed E-state index contributed by atoms with van der Waals surface area (Å²) in [5, 5.41) is 4.68. The van der Waals surface area contributed by atoms with Gasteiger partial charge in [-0.2, -0.15) is 9.40 Å². The molecule has 2 aromatic heterocycles. The number of morpholine rings is 1. The maximum atomic E-state index is 14.6. The lowest BCUT2D eigenvalue weighted by atomic mass is 10.0. The van der Waals surface area contributed by atoms with Crippen LogP contribution >= 0.6 is 0 Å². The quantitative estimate of drug-likeness (QED) is 0.733. The Labute approximate surface area is 156 Å². The molecule has 1 aliphatic rings. The Balaban J connectivity index is 1.91. The number of benzene rings is 1. The topological polar surface area (TPSA) is 93.1 Å². The first-order valence-electron chi connectivity index (χ1n) is 8.56. The zero-order chi connectivity index (χ0) is 19.3. The first kappa shape index (κ1) is 18.1. The van der Waals surface area contributed by atoms with Gasteiger partial charge in [0.25, 0.3) is 10.0 Å². The molecule has 144 valence electrons. The van der Waals surface area contributed by atoms with E-state index in [9.17, 15) is 12.8 Å². The number of hydrogen-bond acceptors (Lipinski definition) is 5. The Morgan fingerprint density at radius 2 is 2.15 bits per heavy atom. The molecule has 0 radical (unpaired) electrons. The minimum Gasteiger partial charge on any atom is -0.378 e. The molecule has 0 unspecified atom stereocenters. The Kier molecular flexibility index (Phi) is 4.28. The van der Waals surface area contributed by atoms with Crippen molar-refractivity contribution in [2.45, 2.75) is 24.9 Å². The average Bonchev–Trinajstić information content (AvgIpc) is 3.23. The monoisotopic (exact) mass is 393 g/mol. The van der Waals surface area contributed by atoms with Crippen LogP contribution in [0.2, 0.25) is 0 Å². The van der Waals surface area contributed by atoms with Crippen molar-refractivity contribution in [3.8, 4) is 11.4 Å². The standard InChI is InChI=1S/C17H20FN5O3S/c1-10-6-13(18)16-12(15(10)17-19-9-22(3)21-17)7-14(20-16)27(24,25)23-4-5-26-8-11(23)2/h6-7,9,11,20H,4-5,8H2,1-3H3/t11-/m0/s1. The smallest absolute Gasteiger partial charge is 0.258 e. The molecule has 0 bridgehead atoms. The maximum absolute atomic E-state index is 14.6. The molecule has 1 atom stereocenters. The number of sulfonamides is 1. The minimum absolute atomic E-state index is 0.0482. The Bertz CT molecular complexity index is 1120. The Morgan fingerprint density at radius 1 is 1.37 bits per heavy atom. The predicted octanol–water partition coefficient (Wildman–Crippen LogP) is 1.82. The van der Waals surface area contributed by atoms with Gasteiger partial charge in [-0.15, -0.1) is 0 Å². The first-order valence-corrected chi connectivity index (χ1v) is 10.0. The van der Waals surface area contributed by atoms with Crippen LogP contribution in [-0.4, -0.2) is 58.3 Å². The van der Waals surface area contributed by atoms with Gasteiger partial charge >= 0.3 is 0 Å². The molecule has 1 saturated heterocycles. The number of aryl methyl sites for hydroxylation is 2. The molecule has 4 rings (SSSR count). The molecule has 10 heteroatoms. The van der Waals surface area contributed by atoms with Crippen LogP contribution in [0.4, 0.5) is 4.39 Å². The molecule has 0 saturated carbocycles. The van der Waals surface area contributed by atoms with Crippen molar-refractivity contribution in [3.63, 3.8) is 0 Å². The van der Waals surface area contributed by atoms with E-state index in [2.05, 4.69) is 15.1 Å². The van der Waals surface area contributed by atoms with Crippen molar-refractivity contribution >= 4 is 20.9 Å². The molecular weight excluding hydrogens is 373 g/mol. The third-order valence-electron chi connectivity index (χ3n) is 4.76. The number of aromatic nitrogens is 4. The summed E-state index contributed by atoms with van der Waals surface area (Å²) < 4.78 is 49.0. The van der Waals surface area contributed by atoms with E-state index < -0.39 is 15.8 Å². The fourth-order valence-electron chi connectivity index (χ4n) is 3.45. The summed E-state index contributed by atoms with van der Waals surface area (Å²) in [7, 11) is -2.08. The van der Waals surface area contributed by atoms with Crippen LogP contribution in [0.25, 0.3) is 22.3 Å². The van der Waals surface area contributed by atoms with Crippen LogP contribution in [0.3, 0.4) is 0 Å². The maximum Gasteiger partial charge on any atom is 0.258 e. The molecule has 1 aromatic carbocycles. The summed E-state index contributed by atoms with van der Waals surface area (Å²) in [6.07, 6.45) is 1.55. The van der Waals surface area contributed by atoms with E-state index in [4.69, 9.17) is 4.74 Å². The van der Waals surface area contributed by atoms with E-state index in [1.165, 1.54) is 16.4 Å². The normalized spacial score (nSPS) is 19.0. The highest BCUT2D eigenvalue weighted by molar-refractivity contribution is 7.89. The van der Waals surface area contributed by atoms with Crippen LogP contribution in [-0.2, 0) is 21.8 Å². The molecule has 0 amide bonds. The van der Waals surface area contributed by atoms with E-state index in [-0.39, 0.29) is 23.1 Å². The van der Waals surface area contributed by atoms with Crippen LogP contribution in [0.1, 0.15) is 12.5 Å². The van der Waals surface area contributed by atoms with E-state index in [1.807, 2.05) is 0 Å². The SMILES string of the molecule is Cc1cc(F)c2[nH]c(S(=O)(=O)N3CCOC[C@@H]3C)cc2c1-c1ncn(C)n1. The van der Waals surface area contributed by atoms with Crippen molar-refractivity contribution in [2.24, 2.45) is 7.05 Å². The first-order chi connectivity index (χ1) is 12.8. The number of fused-ring (bicyclic) bond motifs is 1. The van der Waals surface area contributed by atoms with Gasteiger partial charge in [-0.25, -0.2) is 17.8 Å². The van der Waals surface area contributed by atoms with Gasteiger partial charge < -0.3 is 9.72 Å². The predicted molar refractivity (Wildman–Crippen MR) is 97.2 cm³/mol. The van der Waals surface area contributed by atoms with Crippen molar-refractivity contribution < 1.29 is 17.5 Å². The van der Waals surface area contributed by atoms with Gasteiger partial charge in [0.2, 0.25) is 0 Å². The average molecular weight is 393 g/mol. The minimum atomic E-state index is -3.81. The van der Waals surface area contributed by atoms with Crippen molar-refractivity contribution in [2.75, 3.05) is 19.8 Å². The number of nitrogens with zero attached hydrogens (tertiary/aromatic N) is 4. The molecular formula is C17H20FN5O3S. The molecule has 3 aromatic rings. The highest BCUT2D eigenvalue weighted by Gasteiger charge is 2.33. The molecule has 0 spiro atoms. The van der Waals surface area contributed by atoms with Crippen LogP contribution in [0.5, 0.6) is 0 Å². The summed E-state index contributed by atoms with van der Waals surface area (Å²) in [6, 6.07) is 2.53. The molecule has 8 nitrogen and oxygen atoms in total. The number of halogens is 1. The third-order valence-corrected chi connectivity index (χ3v) is 6.69. The van der Waals surface area contributed by atoms with Gasteiger partial charge in [0.1, 0.15) is 17.2 Å². The Hall–Kier alpha value is -2.30. The van der Waals surface area contributed by atoms with Gasteiger partial charge in [0.15, 0.2) is 5.82 Å². The molecule has 3 heterocycles. The van der Waals surface area contributed by atoms with E-state index in [1.54, 1.807) is 31.9 Å². The number of ether oxygens (including phenoxy) is 1. The molecule has 1 aliphatic heterocycles. The largest absolute Gasteiger partial charge is 0.378 e. The van der Waals surface area contributed by atoms with E-state index in [0.717, 1.165) is 0 Å². The Morgan fingerprint density at radius 3 is 2.81 bits per heavy atom. The van der Waals surface area contributed by atoms with Crippen molar-refractivity contribution in [1.29, 1.82) is 0 Å². The van der Waals surface area contributed by atoms with Crippen LogP contribution in [0, 0.1) is 12.7 Å². The van der Waals surface area contributed by atoms with Gasteiger partial charge in [-0.3, -0.25) is 4.68 Å². The summed E-state index contributed by atoms with van der Waals surface area (Å²) in [5.41, 5.74) is 1.37. The molecule has 27 heavy (non-hydrogen) atoms. The van der Waals surface area contributed by atoms with E-state index >= 15 is 0 Å².